The smallest absolute Gasteiger partial charge is 0.264 e. The first kappa shape index (κ1) is 26.2. The minimum absolute atomic E-state index is 0. The summed E-state index contributed by atoms with van der Waals surface area (Å²) in [5.41, 5.74) is 6.01. The Morgan fingerprint density at radius 3 is 2.42 bits per heavy atom. The number of aryl methyl sites for hydroxylation is 3. The lowest BCUT2D eigenvalue weighted by Crippen LogP contribution is -2.37. The number of benzene rings is 2. The SMILES string of the molecule is C=C1CC(C)NC(c2ccc(C)c(S(=O)(=O)N3CCCc4cccc(C)c43)c2)C1.[CH]1C=CC=CC=C1.[HH]. The van der Waals surface area contributed by atoms with Gasteiger partial charge in [-0.25, -0.2) is 8.42 Å². The zero-order chi connectivity index (χ0) is 25.7. The molecule has 1 N–H and O–H groups in total. The molecular weight excluding hydrogens is 464 g/mol. The van der Waals surface area contributed by atoms with Crippen LogP contribution in [0.25, 0.3) is 0 Å². The number of nitrogens with one attached hydrogen (secondary N) is 1. The largest absolute Gasteiger partial charge is 0.307 e. The predicted molar refractivity (Wildman–Crippen MR) is 153 cm³/mol. The van der Waals surface area contributed by atoms with Crippen LogP contribution in [-0.2, 0) is 16.4 Å². The molecule has 4 nitrogen and oxygen atoms in total. The van der Waals surface area contributed by atoms with E-state index in [0.717, 1.165) is 53.6 Å². The maximum atomic E-state index is 13.8. The zero-order valence-corrected chi connectivity index (χ0v) is 22.4. The molecule has 0 saturated carbocycles. The maximum Gasteiger partial charge on any atom is 0.264 e. The van der Waals surface area contributed by atoms with Crippen LogP contribution in [0, 0.1) is 20.3 Å². The Labute approximate surface area is 218 Å². The Hall–Kier alpha value is -2.89. The van der Waals surface area contributed by atoms with Gasteiger partial charge in [0, 0.05) is 26.5 Å². The van der Waals surface area contributed by atoms with Crippen molar-refractivity contribution in [2.45, 2.75) is 63.4 Å². The molecule has 2 heterocycles. The van der Waals surface area contributed by atoms with E-state index in [1.807, 2.05) is 93.1 Å². The van der Waals surface area contributed by atoms with Gasteiger partial charge >= 0.3 is 0 Å². The Morgan fingerprint density at radius 1 is 0.972 bits per heavy atom. The normalized spacial score (nSPS) is 21.4. The van der Waals surface area contributed by atoms with Gasteiger partial charge in [0.15, 0.2) is 0 Å². The number of allylic oxidation sites excluding steroid dienone is 6. The molecule has 1 fully saturated rings. The second-order valence-corrected chi connectivity index (χ2v) is 11.7. The van der Waals surface area contributed by atoms with Crippen molar-refractivity contribution in [2.24, 2.45) is 0 Å². The van der Waals surface area contributed by atoms with E-state index in [1.54, 1.807) is 4.31 Å². The lowest BCUT2D eigenvalue weighted by molar-refractivity contribution is 0.400. The highest BCUT2D eigenvalue weighted by atomic mass is 32.2. The molecule has 191 valence electrons. The standard InChI is InChI=1S/C24H30N2O2S.C7H7.H2/c1-16-13-19(4)25-22(14-16)21-11-10-17(2)23(15-21)29(27,28)26-12-6-9-20-8-5-7-18(3)24(20)26;1-2-4-6-7-5-3-1;/h5,7-8,10-11,15,19,22,25H,1,6,9,12-14H2,2-4H3;1-7H;1H. The molecular formula is C31H39N2O2S. The fourth-order valence-electron chi connectivity index (χ4n) is 5.20. The Balaban J connectivity index is 0.000000413. The van der Waals surface area contributed by atoms with Crippen molar-refractivity contribution in [1.82, 2.24) is 5.32 Å². The molecule has 0 spiro atoms. The second-order valence-electron chi connectivity index (χ2n) is 9.91. The number of nitrogens with zero attached hydrogens (tertiary/aromatic N) is 1. The van der Waals surface area contributed by atoms with E-state index in [1.165, 1.54) is 5.57 Å². The van der Waals surface area contributed by atoms with E-state index < -0.39 is 10.0 Å². The van der Waals surface area contributed by atoms with Gasteiger partial charge in [-0.05, 0) is 74.8 Å². The quantitative estimate of drug-likeness (QED) is 0.462. The highest BCUT2D eigenvalue weighted by molar-refractivity contribution is 7.92. The van der Waals surface area contributed by atoms with Crippen molar-refractivity contribution in [3.05, 3.63) is 114 Å². The third-order valence-corrected chi connectivity index (χ3v) is 8.85. The first-order chi connectivity index (χ1) is 17.3. The van der Waals surface area contributed by atoms with Crippen molar-refractivity contribution >= 4 is 15.7 Å². The summed E-state index contributed by atoms with van der Waals surface area (Å²) in [4.78, 5) is 0.414. The Kier molecular flexibility index (Phi) is 8.32. The van der Waals surface area contributed by atoms with Crippen LogP contribution in [0.15, 0.2) is 89.9 Å². The molecule has 2 aromatic carbocycles. The number of rotatable bonds is 3. The van der Waals surface area contributed by atoms with Crippen molar-refractivity contribution in [2.75, 3.05) is 10.8 Å². The van der Waals surface area contributed by atoms with E-state index in [0.29, 0.717) is 17.5 Å². The van der Waals surface area contributed by atoms with Gasteiger partial charge in [0.2, 0.25) is 0 Å². The summed E-state index contributed by atoms with van der Waals surface area (Å²) in [6.45, 7) is 10.7. The van der Waals surface area contributed by atoms with Crippen LogP contribution in [0.1, 0.15) is 55.9 Å². The molecule has 5 heteroatoms. The van der Waals surface area contributed by atoms with Crippen LogP contribution in [0.5, 0.6) is 0 Å². The van der Waals surface area contributed by atoms with Crippen molar-refractivity contribution in [3.63, 3.8) is 0 Å². The predicted octanol–water partition coefficient (Wildman–Crippen LogP) is 6.93. The lowest BCUT2D eigenvalue weighted by atomic mass is 9.90. The number of para-hydroxylation sites is 1. The first-order valence-electron chi connectivity index (χ1n) is 12.7. The van der Waals surface area contributed by atoms with Crippen molar-refractivity contribution in [3.8, 4) is 0 Å². The number of fused-ring (bicyclic) bond motifs is 1. The second kappa shape index (κ2) is 11.4. The molecule has 1 aliphatic carbocycles. The van der Waals surface area contributed by atoms with Gasteiger partial charge < -0.3 is 5.32 Å². The molecule has 1 saturated heterocycles. The average molecular weight is 504 g/mol. The molecule has 36 heavy (non-hydrogen) atoms. The fourth-order valence-corrected chi connectivity index (χ4v) is 7.07. The molecule has 5 rings (SSSR count). The average Bonchev–Trinajstić information content (AvgIpc) is 3.17. The Morgan fingerprint density at radius 2 is 1.69 bits per heavy atom. The lowest BCUT2D eigenvalue weighted by Gasteiger charge is -2.33. The van der Waals surface area contributed by atoms with Crippen molar-refractivity contribution < 1.29 is 9.84 Å². The number of sulfonamides is 1. The van der Waals surface area contributed by atoms with E-state index in [4.69, 9.17) is 0 Å². The molecule has 2 unspecified atom stereocenters. The van der Waals surface area contributed by atoms with Gasteiger partial charge in [-0.2, -0.15) is 0 Å². The van der Waals surface area contributed by atoms with Gasteiger partial charge in [-0.3, -0.25) is 4.31 Å². The summed E-state index contributed by atoms with van der Waals surface area (Å²) in [5.74, 6) is 0. The van der Waals surface area contributed by atoms with E-state index in [-0.39, 0.29) is 7.47 Å². The fraction of sp³-hybridized carbons (Fsp3) is 0.323. The third-order valence-electron chi connectivity index (χ3n) is 6.91. The molecule has 2 aliphatic heterocycles. The molecule has 0 bridgehead atoms. The van der Waals surface area contributed by atoms with Gasteiger partial charge in [0.25, 0.3) is 10.0 Å². The molecule has 2 atom stereocenters. The monoisotopic (exact) mass is 503 g/mol. The van der Waals surface area contributed by atoms with Crippen LogP contribution in [-0.4, -0.2) is 21.0 Å². The summed E-state index contributed by atoms with van der Waals surface area (Å²) < 4.78 is 29.2. The summed E-state index contributed by atoms with van der Waals surface area (Å²) in [7, 11) is -3.63. The highest BCUT2D eigenvalue weighted by Gasteiger charge is 2.32. The van der Waals surface area contributed by atoms with Gasteiger partial charge in [0.05, 0.1) is 10.6 Å². The maximum absolute atomic E-state index is 13.8. The van der Waals surface area contributed by atoms with Crippen LogP contribution < -0.4 is 9.62 Å². The third kappa shape index (κ3) is 5.91. The molecule has 1 radical (unpaired) electrons. The molecule has 2 aromatic rings. The summed E-state index contributed by atoms with van der Waals surface area (Å²) in [6.07, 6.45) is 17.6. The minimum atomic E-state index is -3.63. The van der Waals surface area contributed by atoms with Gasteiger partial charge in [-0.1, -0.05) is 78.9 Å². The summed E-state index contributed by atoms with van der Waals surface area (Å²) in [6, 6.07) is 12.4. The van der Waals surface area contributed by atoms with E-state index in [9.17, 15) is 8.42 Å². The van der Waals surface area contributed by atoms with Crippen LogP contribution in [0.3, 0.4) is 0 Å². The number of hydrogen-bond donors (Lipinski definition) is 1. The number of anilines is 1. The van der Waals surface area contributed by atoms with Crippen LogP contribution in [0.4, 0.5) is 5.69 Å². The number of hydrogen-bond acceptors (Lipinski definition) is 3. The zero-order valence-electron chi connectivity index (χ0n) is 21.6. The van der Waals surface area contributed by atoms with Crippen molar-refractivity contribution in [1.29, 1.82) is 0 Å². The summed E-state index contributed by atoms with van der Waals surface area (Å²) >= 11 is 0. The topological polar surface area (TPSA) is 49.4 Å². The first-order valence-corrected chi connectivity index (χ1v) is 14.2. The van der Waals surface area contributed by atoms with Gasteiger partial charge in [0.1, 0.15) is 0 Å². The van der Waals surface area contributed by atoms with Crippen LogP contribution >= 0.6 is 0 Å². The summed E-state index contributed by atoms with van der Waals surface area (Å²) in [5, 5.41) is 3.60. The number of piperidine rings is 1. The van der Waals surface area contributed by atoms with Gasteiger partial charge in [-0.15, -0.1) is 0 Å². The van der Waals surface area contributed by atoms with E-state index in [2.05, 4.69) is 18.8 Å². The van der Waals surface area contributed by atoms with Crippen LogP contribution in [0.2, 0.25) is 0 Å². The molecule has 3 aliphatic rings. The van der Waals surface area contributed by atoms with E-state index >= 15 is 0 Å². The molecule has 0 amide bonds. The molecule has 0 aromatic heterocycles. The highest BCUT2D eigenvalue weighted by Crippen LogP contribution is 2.37. The minimum Gasteiger partial charge on any atom is -0.307 e. The Bertz CT molecular complexity index is 1300.